The molecule has 1 aromatic carbocycles. The van der Waals surface area contributed by atoms with E-state index in [-0.39, 0.29) is 0 Å². The molecule has 0 spiro atoms. The molecule has 0 unspecified atom stereocenters. The van der Waals surface area contributed by atoms with Crippen LogP contribution in [0, 0.1) is 6.42 Å². The van der Waals surface area contributed by atoms with Gasteiger partial charge in [-0.05, 0) is 18.6 Å². The molecule has 0 aliphatic carbocycles. The van der Waals surface area contributed by atoms with E-state index in [1.165, 1.54) is 0 Å². The summed E-state index contributed by atoms with van der Waals surface area (Å²) in [5.41, 5.74) is 1.03. The van der Waals surface area contributed by atoms with E-state index in [4.69, 9.17) is 16.3 Å². The maximum absolute atomic E-state index is 5.77. The molecule has 11 heavy (non-hydrogen) atoms. The van der Waals surface area contributed by atoms with Crippen LogP contribution in [0.4, 0.5) is 0 Å². The van der Waals surface area contributed by atoms with Gasteiger partial charge in [0, 0.05) is 17.0 Å². The number of hydrogen-bond acceptors (Lipinski definition) is 1. The average molecular weight is 167 g/mol. The molecule has 0 N–H and O–H groups in total. The van der Waals surface area contributed by atoms with E-state index in [1.807, 2.05) is 18.2 Å². The smallest absolute Gasteiger partial charge is 0.124 e. The second kappa shape index (κ2) is 2.74. The number of ether oxygens (including phenoxy) is 1. The summed E-state index contributed by atoms with van der Waals surface area (Å²) in [7, 11) is 0. The van der Waals surface area contributed by atoms with Gasteiger partial charge in [0.05, 0.1) is 6.61 Å². The topological polar surface area (TPSA) is 9.23 Å². The number of benzene rings is 1. The zero-order valence-electron chi connectivity index (χ0n) is 5.93. The molecule has 0 saturated heterocycles. The van der Waals surface area contributed by atoms with Crippen LogP contribution in [-0.4, -0.2) is 6.61 Å². The van der Waals surface area contributed by atoms with Gasteiger partial charge in [0.1, 0.15) is 5.75 Å². The second-order valence-electron chi connectivity index (χ2n) is 2.42. The van der Waals surface area contributed by atoms with Crippen molar-refractivity contribution in [2.75, 3.05) is 6.61 Å². The Kier molecular flexibility index (Phi) is 1.74. The van der Waals surface area contributed by atoms with Crippen LogP contribution in [0.15, 0.2) is 18.2 Å². The van der Waals surface area contributed by atoms with E-state index in [9.17, 15) is 0 Å². The fraction of sp³-hybridized carbons (Fsp3) is 0.222. The zero-order chi connectivity index (χ0) is 7.68. The van der Waals surface area contributed by atoms with Crippen molar-refractivity contribution in [3.05, 3.63) is 35.2 Å². The molecular formula is C9H7ClO. The van der Waals surface area contributed by atoms with Crippen LogP contribution in [0.3, 0.4) is 0 Å². The van der Waals surface area contributed by atoms with Crippen molar-refractivity contribution in [2.24, 2.45) is 0 Å². The molecule has 2 radical (unpaired) electrons. The Hall–Kier alpha value is -0.690. The summed E-state index contributed by atoms with van der Waals surface area (Å²) < 4.78 is 5.36. The highest BCUT2D eigenvalue weighted by Crippen LogP contribution is 2.28. The lowest BCUT2D eigenvalue weighted by molar-refractivity contribution is 0.306. The third-order valence-electron chi connectivity index (χ3n) is 1.62. The van der Waals surface area contributed by atoms with Crippen molar-refractivity contribution in [3.8, 4) is 5.75 Å². The zero-order valence-corrected chi connectivity index (χ0v) is 6.69. The van der Waals surface area contributed by atoms with Gasteiger partial charge in [-0.1, -0.05) is 17.7 Å². The van der Waals surface area contributed by atoms with Gasteiger partial charge < -0.3 is 4.74 Å². The van der Waals surface area contributed by atoms with Gasteiger partial charge in [-0.15, -0.1) is 0 Å². The van der Waals surface area contributed by atoms with Crippen LogP contribution in [0.2, 0.25) is 5.02 Å². The Bertz CT molecular complexity index is 270. The molecule has 2 heteroatoms. The quantitative estimate of drug-likeness (QED) is 0.576. The van der Waals surface area contributed by atoms with Crippen molar-refractivity contribution in [2.45, 2.75) is 6.42 Å². The molecule has 1 aromatic rings. The van der Waals surface area contributed by atoms with Crippen LogP contribution in [0.5, 0.6) is 5.75 Å². The first-order valence-corrected chi connectivity index (χ1v) is 3.90. The van der Waals surface area contributed by atoms with Gasteiger partial charge in [-0.2, -0.15) is 0 Å². The third kappa shape index (κ3) is 1.33. The molecule has 0 saturated carbocycles. The predicted octanol–water partition coefficient (Wildman–Crippen LogP) is 2.55. The van der Waals surface area contributed by atoms with Crippen molar-refractivity contribution < 1.29 is 4.74 Å². The lowest BCUT2D eigenvalue weighted by Gasteiger charge is -2.15. The largest absolute Gasteiger partial charge is 0.493 e. The Morgan fingerprint density at radius 2 is 2.36 bits per heavy atom. The number of halogens is 1. The molecule has 1 heterocycles. The van der Waals surface area contributed by atoms with E-state index < -0.39 is 0 Å². The van der Waals surface area contributed by atoms with Crippen LogP contribution in [0.25, 0.3) is 0 Å². The number of hydrogen-bond donors (Lipinski definition) is 0. The monoisotopic (exact) mass is 166 g/mol. The maximum atomic E-state index is 5.77. The minimum Gasteiger partial charge on any atom is -0.493 e. The van der Waals surface area contributed by atoms with Crippen LogP contribution in [-0.2, 0) is 0 Å². The van der Waals surface area contributed by atoms with Crippen molar-refractivity contribution in [3.63, 3.8) is 0 Å². The molecule has 0 bridgehead atoms. The molecule has 1 aliphatic heterocycles. The van der Waals surface area contributed by atoms with Gasteiger partial charge in [-0.25, -0.2) is 0 Å². The summed E-state index contributed by atoms with van der Waals surface area (Å²) in [4.78, 5) is 0. The maximum Gasteiger partial charge on any atom is 0.124 e. The van der Waals surface area contributed by atoms with E-state index in [0.717, 1.165) is 17.7 Å². The van der Waals surface area contributed by atoms with E-state index >= 15 is 0 Å². The molecule has 1 nitrogen and oxygen atoms in total. The standard InChI is InChI=1S/C9H7ClO/c10-8-4-3-7-2-1-5-11-9(7)6-8/h3-4,6H,1,5H2. The Labute approximate surface area is 70.9 Å². The van der Waals surface area contributed by atoms with Gasteiger partial charge in [0.15, 0.2) is 0 Å². The van der Waals surface area contributed by atoms with Crippen molar-refractivity contribution in [1.29, 1.82) is 0 Å². The average Bonchev–Trinajstić information content (AvgIpc) is 2.04. The van der Waals surface area contributed by atoms with E-state index in [2.05, 4.69) is 6.42 Å². The fourth-order valence-electron chi connectivity index (χ4n) is 1.11. The van der Waals surface area contributed by atoms with Crippen LogP contribution < -0.4 is 4.74 Å². The summed E-state index contributed by atoms with van der Waals surface area (Å²) in [5, 5.41) is 0.715. The van der Waals surface area contributed by atoms with E-state index in [0.29, 0.717) is 11.6 Å². The van der Waals surface area contributed by atoms with Gasteiger partial charge >= 0.3 is 0 Å². The Balaban J connectivity index is 2.43. The minimum absolute atomic E-state index is 0.715. The highest BCUT2D eigenvalue weighted by atomic mass is 35.5. The summed E-state index contributed by atoms with van der Waals surface area (Å²) in [6.45, 7) is 0.716. The predicted molar refractivity (Wildman–Crippen MR) is 43.9 cm³/mol. The van der Waals surface area contributed by atoms with Crippen molar-refractivity contribution in [1.82, 2.24) is 0 Å². The number of fused-ring (bicyclic) bond motifs is 1. The molecule has 56 valence electrons. The van der Waals surface area contributed by atoms with E-state index in [1.54, 1.807) is 0 Å². The lowest BCUT2D eigenvalue weighted by Crippen LogP contribution is -2.06. The molecule has 1 aliphatic rings. The molecule has 0 amide bonds. The summed E-state index contributed by atoms with van der Waals surface area (Å²) in [6.07, 6.45) is 4.08. The number of rotatable bonds is 0. The van der Waals surface area contributed by atoms with Crippen LogP contribution in [0.1, 0.15) is 12.0 Å². The lowest BCUT2D eigenvalue weighted by atomic mass is 10.1. The third-order valence-corrected chi connectivity index (χ3v) is 1.85. The summed E-state index contributed by atoms with van der Waals surface area (Å²) in [6, 6.07) is 5.60. The van der Waals surface area contributed by atoms with Crippen LogP contribution >= 0.6 is 11.6 Å². The summed E-state index contributed by atoms with van der Waals surface area (Å²) >= 11 is 5.77. The molecule has 2 rings (SSSR count). The highest BCUT2D eigenvalue weighted by Gasteiger charge is 2.09. The second-order valence-corrected chi connectivity index (χ2v) is 2.85. The van der Waals surface area contributed by atoms with Gasteiger partial charge in [-0.3, -0.25) is 0 Å². The fourth-order valence-corrected chi connectivity index (χ4v) is 1.27. The first-order valence-electron chi connectivity index (χ1n) is 3.52. The van der Waals surface area contributed by atoms with Gasteiger partial charge in [0.2, 0.25) is 0 Å². The first kappa shape index (κ1) is 6.99. The SMILES string of the molecule is Clc1ccc2c(c1)OCC[C]2. The highest BCUT2D eigenvalue weighted by molar-refractivity contribution is 6.30. The first-order chi connectivity index (χ1) is 5.36. The molecule has 0 fully saturated rings. The van der Waals surface area contributed by atoms with Crippen molar-refractivity contribution >= 4 is 11.6 Å². The minimum atomic E-state index is 0.715. The molecule has 0 atom stereocenters. The molecular weight excluding hydrogens is 160 g/mol. The normalized spacial score (nSPS) is 15.4. The van der Waals surface area contributed by atoms with Gasteiger partial charge in [0.25, 0.3) is 0 Å². The summed E-state index contributed by atoms with van der Waals surface area (Å²) in [5.74, 6) is 0.851. The molecule has 0 aromatic heterocycles. The Morgan fingerprint density at radius 1 is 1.45 bits per heavy atom. The Morgan fingerprint density at radius 3 is 3.27 bits per heavy atom.